The number of hydrogen-bond acceptors (Lipinski definition) is 6. The number of phenols is 2. The van der Waals surface area contributed by atoms with Gasteiger partial charge in [0.1, 0.15) is 23.0 Å². The van der Waals surface area contributed by atoms with Gasteiger partial charge in [0, 0.05) is 35.7 Å². The highest BCUT2D eigenvalue weighted by Gasteiger charge is 2.36. The highest BCUT2D eigenvalue weighted by Crippen LogP contribution is 2.32. The van der Waals surface area contributed by atoms with Gasteiger partial charge in [0.05, 0.1) is 24.3 Å². The molecule has 6 heteroatoms. The van der Waals surface area contributed by atoms with Gasteiger partial charge >= 0.3 is 0 Å². The fourth-order valence-corrected chi connectivity index (χ4v) is 8.26. The molecule has 2 N–H and O–H groups in total. The van der Waals surface area contributed by atoms with Crippen molar-refractivity contribution in [2.24, 2.45) is 9.98 Å². The third-order valence-corrected chi connectivity index (χ3v) is 13.6. The highest BCUT2D eigenvalue weighted by molar-refractivity contribution is 5.85. The van der Waals surface area contributed by atoms with E-state index in [9.17, 15) is 10.2 Å². The SMILES string of the molecule is CCCCCCCCCCCCCCCCCCCOc1ccc(C=NC(C)(C)C(C)(C)N=Cc2ccc(OCCCCCCCCCCCCCCCCCCC)cc2O)c(O)c1. The molecular weight excluding hydrogens is 789 g/mol. The third kappa shape index (κ3) is 28.1. The summed E-state index contributed by atoms with van der Waals surface area (Å²) in [4.78, 5) is 9.73. The minimum atomic E-state index is -0.594. The molecule has 0 aromatic heterocycles. The first-order chi connectivity index (χ1) is 31.1. The average Bonchev–Trinajstić information content (AvgIpc) is 3.27. The summed E-state index contributed by atoms with van der Waals surface area (Å²) < 4.78 is 11.9. The Kier molecular flexibility index (Phi) is 33.1. The maximum Gasteiger partial charge on any atom is 0.128 e. The maximum absolute atomic E-state index is 10.8. The van der Waals surface area contributed by atoms with Gasteiger partial charge < -0.3 is 19.7 Å². The second kappa shape index (κ2) is 37.1. The Morgan fingerprint density at radius 3 is 0.844 bits per heavy atom. The molecule has 64 heavy (non-hydrogen) atoms. The van der Waals surface area contributed by atoms with Crippen LogP contribution in [0.15, 0.2) is 46.4 Å². The molecule has 0 radical (unpaired) electrons. The summed E-state index contributed by atoms with van der Waals surface area (Å²) in [7, 11) is 0. The molecule has 366 valence electrons. The molecule has 2 aromatic carbocycles. The Labute approximate surface area is 395 Å². The summed E-state index contributed by atoms with van der Waals surface area (Å²) in [5.74, 6) is 1.67. The lowest BCUT2D eigenvalue weighted by atomic mass is 9.83. The summed E-state index contributed by atoms with van der Waals surface area (Å²) in [6.07, 6.45) is 49.6. The largest absolute Gasteiger partial charge is 0.507 e. The van der Waals surface area contributed by atoms with Crippen LogP contribution in [0.4, 0.5) is 0 Å². The number of aromatic hydroxyl groups is 2. The second-order valence-corrected chi connectivity index (χ2v) is 20.1. The molecule has 0 bridgehead atoms. The first-order valence-corrected chi connectivity index (χ1v) is 27.1. The van der Waals surface area contributed by atoms with Crippen LogP contribution in [-0.4, -0.2) is 46.9 Å². The molecular formula is C58H100N2O4. The number of unbranched alkanes of at least 4 members (excludes halogenated alkanes) is 32. The third-order valence-electron chi connectivity index (χ3n) is 13.6. The number of nitrogens with zero attached hydrogens (tertiary/aromatic N) is 2. The van der Waals surface area contributed by atoms with E-state index in [1.54, 1.807) is 24.6 Å². The summed E-state index contributed by atoms with van der Waals surface area (Å²) in [5.41, 5.74) is 0.0920. The van der Waals surface area contributed by atoms with Crippen LogP contribution in [0, 0.1) is 0 Å². The van der Waals surface area contributed by atoms with E-state index < -0.39 is 11.1 Å². The van der Waals surface area contributed by atoms with E-state index in [4.69, 9.17) is 19.5 Å². The van der Waals surface area contributed by atoms with Crippen LogP contribution in [-0.2, 0) is 0 Å². The van der Waals surface area contributed by atoms with E-state index >= 15 is 0 Å². The predicted octanol–water partition coefficient (Wildman–Crippen LogP) is 18.3. The molecule has 0 saturated heterocycles. The lowest BCUT2D eigenvalue weighted by molar-refractivity contribution is 0.302. The minimum Gasteiger partial charge on any atom is -0.507 e. The Morgan fingerprint density at radius 2 is 0.609 bits per heavy atom. The monoisotopic (exact) mass is 889 g/mol. The van der Waals surface area contributed by atoms with Crippen LogP contribution >= 0.6 is 0 Å². The van der Waals surface area contributed by atoms with Crippen LogP contribution in [0.5, 0.6) is 23.0 Å². The normalized spacial score (nSPS) is 12.3. The number of rotatable bonds is 43. The standard InChI is InChI=1S/C58H100N2O4/c1-7-9-11-13-15-17-19-21-23-25-27-29-31-33-35-37-39-45-63-53-43-41-51(55(61)47-53)49-59-57(3,4)58(5,6)60-50-52-42-44-54(48-56(52)62)64-46-40-38-36-34-32-30-28-26-24-22-20-18-16-14-12-10-8-2/h41-44,47-50,61-62H,7-40,45-46H2,1-6H3. The van der Waals surface area contributed by atoms with Gasteiger partial charge in [0.15, 0.2) is 0 Å². The predicted molar refractivity (Wildman–Crippen MR) is 279 cm³/mol. The molecule has 0 unspecified atom stereocenters. The van der Waals surface area contributed by atoms with Crippen LogP contribution in [0.3, 0.4) is 0 Å². The molecule has 0 fully saturated rings. The van der Waals surface area contributed by atoms with Gasteiger partial charge in [-0.25, -0.2) is 0 Å². The van der Waals surface area contributed by atoms with Crippen LogP contribution in [0.1, 0.15) is 271 Å². The fourth-order valence-electron chi connectivity index (χ4n) is 8.26. The zero-order valence-electron chi connectivity index (χ0n) is 42.7. The maximum atomic E-state index is 10.8. The van der Waals surface area contributed by atoms with Gasteiger partial charge in [0.2, 0.25) is 0 Å². The number of phenolic OH excluding ortho intramolecular Hbond substituents is 2. The summed E-state index contributed by atoms with van der Waals surface area (Å²) in [6, 6.07) is 10.9. The number of aliphatic imine (C=N–C) groups is 2. The highest BCUT2D eigenvalue weighted by atomic mass is 16.5. The van der Waals surface area contributed by atoms with Crippen molar-refractivity contribution in [3.05, 3.63) is 47.5 Å². The molecule has 0 aliphatic heterocycles. The first kappa shape index (κ1) is 57.1. The number of ether oxygens (including phenoxy) is 2. The minimum absolute atomic E-state index is 0.151. The van der Waals surface area contributed by atoms with E-state index in [1.165, 1.54) is 205 Å². The van der Waals surface area contributed by atoms with Gasteiger partial charge in [-0.2, -0.15) is 0 Å². The van der Waals surface area contributed by atoms with Crippen LogP contribution in [0.25, 0.3) is 0 Å². The summed E-state index contributed by atoms with van der Waals surface area (Å²) >= 11 is 0. The Morgan fingerprint density at radius 1 is 0.375 bits per heavy atom. The van der Waals surface area contributed by atoms with Crippen molar-refractivity contribution >= 4 is 12.4 Å². The fraction of sp³-hybridized carbons (Fsp3) is 0.759. The van der Waals surface area contributed by atoms with Gasteiger partial charge in [0.25, 0.3) is 0 Å². The molecule has 0 saturated carbocycles. The van der Waals surface area contributed by atoms with Gasteiger partial charge in [-0.05, 0) is 64.8 Å². The molecule has 0 heterocycles. The van der Waals surface area contributed by atoms with E-state index in [1.807, 2.05) is 52.0 Å². The van der Waals surface area contributed by atoms with Crippen LogP contribution < -0.4 is 9.47 Å². The van der Waals surface area contributed by atoms with Crippen LogP contribution in [0.2, 0.25) is 0 Å². The molecule has 2 aromatic rings. The molecule has 0 aliphatic rings. The van der Waals surface area contributed by atoms with E-state index in [-0.39, 0.29) is 11.5 Å². The van der Waals surface area contributed by atoms with Crippen molar-refractivity contribution in [3.8, 4) is 23.0 Å². The zero-order chi connectivity index (χ0) is 46.4. The van der Waals surface area contributed by atoms with E-state index in [2.05, 4.69) is 13.8 Å². The molecule has 0 aliphatic carbocycles. The van der Waals surface area contributed by atoms with Crippen molar-refractivity contribution in [2.45, 2.75) is 271 Å². The second-order valence-electron chi connectivity index (χ2n) is 20.1. The lowest BCUT2D eigenvalue weighted by Gasteiger charge is -2.35. The van der Waals surface area contributed by atoms with Gasteiger partial charge in [-0.1, -0.05) is 219 Å². The average molecular weight is 889 g/mol. The Balaban J connectivity index is 1.57. The summed E-state index contributed by atoms with van der Waals surface area (Å²) in [5, 5.41) is 21.6. The molecule has 6 nitrogen and oxygen atoms in total. The van der Waals surface area contributed by atoms with Gasteiger partial charge in [-0.3, -0.25) is 9.98 Å². The molecule has 0 amide bonds. The Hall–Kier alpha value is -3.02. The van der Waals surface area contributed by atoms with Crippen molar-refractivity contribution in [1.29, 1.82) is 0 Å². The van der Waals surface area contributed by atoms with Crippen molar-refractivity contribution < 1.29 is 19.7 Å². The quantitative estimate of drug-likeness (QED) is 0.0513. The van der Waals surface area contributed by atoms with Crippen molar-refractivity contribution in [2.75, 3.05) is 13.2 Å². The topological polar surface area (TPSA) is 83.6 Å². The zero-order valence-corrected chi connectivity index (χ0v) is 42.7. The lowest BCUT2D eigenvalue weighted by Crippen LogP contribution is -2.42. The van der Waals surface area contributed by atoms with Crippen molar-refractivity contribution in [1.82, 2.24) is 0 Å². The smallest absolute Gasteiger partial charge is 0.128 e. The molecule has 2 rings (SSSR count). The number of hydrogen-bond donors (Lipinski definition) is 2. The van der Waals surface area contributed by atoms with Gasteiger partial charge in [-0.15, -0.1) is 0 Å². The summed E-state index contributed by atoms with van der Waals surface area (Å²) in [6.45, 7) is 14.0. The number of benzene rings is 2. The molecule has 0 spiro atoms. The van der Waals surface area contributed by atoms with E-state index in [0.717, 1.165) is 12.8 Å². The van der Waals surface area contributed by atoms with Crippen molar-refractivity contribution in [3.63, 3.8) is 0 Å². The Bertz CT molecular complexity index is 1360. The first-order valence-electron chi connectivity index (χ1n) is 27.1. The molecule has 0 atom stereocenters. The van der Waals surface area contributed by atoms with E-state index in [0.29, 0.717) is 35.8 Å².